The third-order valence-electron chi connectivity index (χ3n) is 5.40. The van der Waals surface area contributed by atoms with Crippen LogP contribution in [0.1, 0.15) is 24.1 Å². The summed E-state index contributed by atoms with van der Waals surface area (Å²) in [6.07, 6.45) is 6.85. The molecule has 3 atom stereocenters. The highest BCUT2D eigenvalue weighted by atomic mass is 16.6. The Kier molecular flexibility index (Phi) is 4.16. The van der Waals surface area contributed by atoms with Crippen LogP contribution in [0.2, 0.25) is 0 Å². The molecule has 3 aliphatic rings. The molecular formula is C19H17N5O4. The van der Waals surface area contributed by atoms with Crippen LogP contribution in [0.5, 0.6) is 0 Å². The van der Waals surface area contributed by atoms with Crippen LogP contribution in [-0.2, 0) is 9.53 Å². The monoisotopic (exact) mass is 379 g/mol. The van der Waals surface area contributed by atoms with Gasteiger partial charge in [0.25, 0.3) is 5.91 Å². The van der Waals surface area contributed by atoms with Gasteiger partial charge in [-0.2, -0.15) is 5.26 Å². The summed E-state index contributed by atoms with van der Waals surface area (Å²) in [6.45, 7) is 2.14. The average Bonchev–Trinajstić information content (AvgIpc) is 3.33. The molecule has 28 heavy (non-hydrogen) atoms. The third kappa shape index (κ3) is 2.48. The first-order valence-electron chi connectivity index (χ1n) is 8.87. The first-order valence-corrected chi connectivity index (χ1v) is 8.87. The Hall–Kier alpha value is -3.59. The molecule has 3 saturated heterocycles. The zero-order valence-electron chi connectivity index (χ0n) is 15.2. The normalized spacial score (nSPS) is 25.0. The van der Waals surface area contributed by atoms with Crippen molar-refractivity contribution in [3.05, 3.63) is 23.5 Å². The minimum Gasteiger partial charge on any atom is -0.448 e. The lowest BCUT2D eigenvalue weighted by atomic mass is 10.1. The Labute approximate surface area is 161 Å². The number of imide groups is 1. The van der Waals surface area contributed by atoms with Crippen molar-refractivity contribution in [3.8, 4) is 18.4 Å². The fourth-order valence-electron chi connectivity index (χ4n) is 4.18. The number of aromatic nitrogens is 1. The number of piperazine rings is 1. The number of hydrogen-bond donors (Lipinski definition) is 0. The lowest BCUT2D eigenvalue weighted by Gasteiger charge is -2.34. The second-order valence-corrected chi connectivity index (χ2v) is 6.96. The van der Waals surface area contributed by atoms with Gasteiger partial charge >= 0.3 is 12.1 Å². The molecule has 9 nitrogen and oxygen atoms in total. The summed E-state index contributed by atoms with van der Waals surface area (Å²) in [6, 6.07) is 1.75. The first-order chi connectivity index (χ1) is 13.5. The van der Waals surface area contributed by atoms with E-state index in [0.717, 1.165) is 4.90 Å². The van der Waals surface area contributed by atoms with Crippen LogP contribution >= 0.6 is 0 Å². The number of likely N-dealkylation sites (tertiary alicyclic amines) is 1. The summed E-state index contributed by atoms with van der Waals surface area (Å²) in [5.41, 5.74) is 1.14. The first kappa shape index (κ1) is 17.8. The van der Waals surface area contributed by atoms with Gasteiger partial charge in [-0.15, -0.1) is 12.3 Å². The molecule has 4 amide bonds. The molecule has 0 spiro atoms. The van der Waals surface area contributed by atoms with Gasteiger partial charge in [-0.3, -0.25) is 4.79 Å². The number of anilines is 1. The number of amides is 4. The number of terminal acetylenes is 1. The van der Waals surface area contributed by atoms with E-state index in [1.807, 2.05) is 6.07 Å². The van der Waals surface area contributed by atoms with E-state index < -0.39 is 30.1 Å². The van der Waals surface area contributed by atoms with Crippen molar-refractivity contribution < 1.29 is 19.1 Å². The molecule has 4 rings (SSSR count). The predicted molar refractivity (Wildman–Crippen MR) is 95.9 cm³/mol. The molecule has 0 aliphatic carbocycles. The number of fused-ring (bicyclic) bond motifs is 5. The molecule has 1 aromatic rings. The number of pyridine rings is 1. The molecule has 0 aromatic carbocycles. The van der Waals surface area contributed by atoms with E-state index in [2.05, 4.69) is 10.9 Å². The van der Waals surface area contributed by atoms with Gasteiger partial charge < -0.3 is 14.5 Å². The lowest BCUT2D eigenvalue weighted by Crippen LogP contribution is -2.55. The lowest BCUT2D eigenvalue weighted by molar-refractivity contribution is -0.121. The summed E-state index contributed by atoms with van der Waals surface area (Å²) in [7, 11) is 0. The second kappa shape index (κ2) is 6.54. The van der Waals surface area contributed by atoms with Crippen LogP contribution in [0.25, 0.3) is 0 Å². The molecule has 2 unspecified atom stereocenters. The van der Waals surface area contributed by atoms with E-state index in [1.54, 1.807) is 17.9 Å². The highest BCUT2D eigenvalue weighted by molar-refractivity contribution is 6.22. The van der Waals surface area contributed by atoms with Crippen LogP contribution in [0.3, 0.4) is 0 Å². The van der Waals surface area contributed by atoms with E-state index in [0.29, 0.717) is 30.6 Å². The van der Waals surface area contributed by atoms with Gasteiger partial charge in [0.05, 0.1) is 24.0 Å². The topological polar surface area (TPSA) is 107 Å². The van der Waals surface area contributed by atoms with Gasteiger partial charge in [-0.25, -0.2) is 19.5 Å². The van der Waals surface area contributed by atoms with Gasteiger partial charge in [0.1, 0.15) is 24.4 Å². The largest absolute Gasteiger partial charge is 0.448 e. The maximum atomic E-state index is 13.0. The highest BCUT2D eigenvalue weighted by Crippen LogP contribution is 2.42. The number of ether oxygens (including phenoxy) is 1. The number of urea groups is 1. The number of carbonyl (C=O) groups is 3. The maximum absolute atomic E-state index is 13.0. The minimum atomic E-state index is -0.734. The highest BCUT2D eigenvalue weighted by Gasteiger charge is 2.63. The molecule has 3 aliphatic heterocycles. The van der Waals surface area contributed by atoms with Gasteiger partial charge in [0.15, 0.2) is 0 Å². The molecule has 9 heteroatoms. The van der Waals surface area contributed by atoms with Crippen molar-refractivity contribution in [2.75, 3.05) is 18.1 Å². The molecule has 142 valence electrons. The van der Waals surface area contributed by atoms with Crippen LogP contribution in [-0.4, -0.2) is 64.1 Å². The molecule has 0 N–H and O–H groups in total. The molecular weight excluding hydrogens is 362 g/mol. The average molecular weight is 379 g/mol. The van der Waals surface area contributed by atoms with Crippen molar-refractivity contribution in [2.45, 2.75) is 37.9 Å². The Morgan fingerprint density at radius 2 is 2.25 bits per heavy atom. The van der Waals surface area contributed by atoms with Crippen LogP contribution < -0.4 is 4.90 Å². The molecule has 0 radical (unpaired) electrons. The second-order valence-electron chi connectivity index (χ2n) is 6.96. The van der Waals surface area contributed by atoms with Gasteiger partial charge in [0.2, 0.25) is 0 Å². The van der Waals surface area contributed by atoms with Crippen LogP contribution in [0.4, 0.5) is 15.3 Å². The van der Waals surface area contributed by atoms with Crippen molar-refractivity contribution in [3.63, 3.8) is 0 Å². The summed E-state index contributed by atoms with van der Waals surface area (Å²) < 4.78 is 5.16. The number of nitrogens with zero attached hydrogens (tertiary/aromatic N) is 5. The minimum absolute atomic E-state index is 0.118. The number of carbonyl (C=O) groups excluding carboxylic acids is 3. The van der Waals surface area contributed by atoms with Crippen molar-refractivity contribution in [1.82, 2.24) is 14.8 Å². The van der Waals surface area contributed by atoms with Gasteiger partial charge in [0, 0.05) is 13.0 Å². The fourth-order valence-corrected chi connectivity index (χ4v) is 4.18. The molecule has 1 aromatic heterocycles. The summed E-state index contributed by atoms with van der Waals surface area (Å²) in [5.74, 6) is 2.00. The predicted octanol–water partition coefficient (Wildman–Crippen LogP) is 1.02. The van der Waals surface area contributed by atoms with Crippen molar-refractivity contribution in [1.29, 1.82) is 5.26 Å². The van der Waals surface area contributed by atoms with E-state index >= 15 is 0 Å². The number of nitriles is 1. The number of aryl methyl sites for hydroxylation is 1. The van der Waals surface area contributed by atoms with Crippen molar-refractivity contribution in [2.24, 2.45) is 0 Å². The number of hydrogen-bond acceptors (Lipinski definition) is 6. The molecule has 2 bridgehead atoms. The summed E-state index contributed by atoms with van der Waals surface area (Å²) in [4.78, 5) is 46.4. The number of rotatable bonds is 3. The standard InChI is InChI=1S/C19H17N5O4/c1-3-4-5-28-19(27)22-10-13-7-15(22)16-17(25)24(18(26)23(13)16)12-6-11(2)14(8-20)21-9-12/h1,6,9,13,15-16H,4-5,7,10H2,2H3/t13-,15?,16?/m1/s1. The van der Waals surface area contributed by atoms with Gasteiger partial charge in [-0.1, -0.05) is 0 Å². The summed E-state index contributed by atoms with van der Waals surface area (Å²) in [5, 5.41) is 9.02. The Morgan fingerprint density at radius 1 is 1.46 bits per heavy atom. The zero-order valence-corrected chi connectivity index (χ0v) is 15.2. The van der Waals surface area contributed by atoms with E-state index in [1.165, 1.54) is 11.1 Å². The van der Waals surface area contributed by atoms with Crippen molar-refractivity contribution >= 4 is 23.7 Å². The van der Waals surface area contributed by atoms with E-state index in [-0.39, 0.29) is 18.3 Å². The maximum Gasteiger partial charge on any atom is 0.410 e. The Morgan fingerprint density at radius 3 is 2.93 bits per heavy atom. The van der Waals surface area contributed by atoms with E-state index in [9.17, 15) is 14.4 Å². The smallest absolute Gasteiger partial charge is 0.410 e. The Bertz CT molecular complexity index is 962. The fraction of sp³-hybridized carbons (Fsp3) is 0.421. The molecule has 4 heterocycles. The van der Waals surface area contributed by atoms with Crippen LogP contribution in [0.15, 0.2) is 12.3 Å². The van der Waals surface area contributed by atoms with E-state index in [4.69, 9.17) is 16.4 Å². The van der Waals surface area contributed by atoms with Crippen LogP contribution in [0, 0.1) is 30.6 Å². The Balaban J connectivity index is 1.57. The molecule has 0 saturated carbocycles. The molecule has 3 fully saturated rings. The summed E-state index contributed by atoms with van der Waals surface area (Å²) >= 11 is 0. The van der Waals surface area contributed by atoms with Gasteiger partial charge in [-0.05, 0) is 25.0 Å². The third-order valence-corrected chi connectivity index (χ3v) is 5.40. The zero-order chi connectivity index (χ0) is 20.0. The SMILES string of the molecule is C#CCCOC(=O)N1C[C@H]2CC1C1C(=O)N(c3cnc(C#N)c(C)c3)C(=O)N12. The quantitative estimate of drug-likeness (QED) is 0.441.